The number of ether oxygens (including phenoxy) is 1. The van der Waals surface area contributed by atoms with E-state index in [0.29, 0.717) is 0 Å². The lowest BCUT2D eigenvalue weighted by Gasteiger charge is -2.52. The molecule has 0 radical (unpaired) electrons. The van der Waals surface area contributed by atoms with Crippen molar-refractivity contribution in [3.05, 3.63) is 42.5 Å². The minimum Gasteiger partial charge on any atom is -0.489 e. The first-order valence-corrected chi connectivity index (χ1v) is 7.93. The van der Waals surface area contributed by atoms with Gasteiger partial charge in [0.1, 0.15) is 11.9 Å². The quantitative estimate of drug-likeness (QED) is 0.684. The van der Waals surface area contributed by atoms with Crippen LogP contribution in [0, 0.1) is 5.41 Å². The summed E-state index contributed by atoms with van der Waals surface area (Å²) in [6.07, 6.45) is 3.35. The third-order valence-corrected chi connectivity index (χ3v) is 5.63. The SMILES string of the molecule is CCC1(CC)C(Cl)CC1Oc1cccc2ccccc12. The molecule has 1 fully saturated rings. The zero-order valence-corrected chi connectivity index (χ0v) is 12.9. The highest BCUT2D eigenvalue weighted by molar-refractivity contribution is 6.21. The van der Waals surface area contributed by atoms with Gasteiger partial charge >= 0.3 is 0 Å². The minimum atomic E-state index is 0.137. The third kappa shape index (κ3) is 2.00. The fourth-order valence-electron chi connectivity index (χ4n) is 3.46. The second-order valence-corrected chi connectivity index (χ2v) is 6.25. The maximum Gasteiger partial charge on any atom is 0.127 e. The lowest BCUT2D eigenvalue weighted by Crippen LogP contribution is -2.56. The van der Waals surface area contributed by atoms with E-state index in [9.17, 15) is 0 Å². The molecule has 2 atom stereocenters. The fourth-order valence-corrected chi connectivity index (χ4v) is 4.08. The molecule has 0 N–H and O–H groups in total. The highest BCUT2D eigenvalue weighted by Crippen LogP contribution is 2.52. The molecule has 0 bridgehead atoms. The Morgan fingerprint density at radius 3 is 2.50 bits per heavy atom. The zero-order valence-electron chi connectivity index (χ0n) is 12.1. The molecule has 0 saturated heterocycles. The minimum absolute atomic E-state index is 0.137. The molecule has 1 saturated carbocycles. The molecule has 2 unspecified atom stereocenters. The normalized spacial score (nSPS) is 24.4. The van der Waals surface area contributed by atoms with Gasteiger partial charge in [-0.05, 0) is 24.3 Å². The van der Waals surface area contributed by atoms with Crippen LogP contribution < -0.4 is 4.74 Å². The van der Waals surface area contributed by atoms with E-state index in [0.717, 1.165) is 25.0 Å². The molecule has 2 aromatic rings. The molecule has 3 rings (SSSR count). The Kier molecular flexibility index (Phi) is 3.64. The standard InChI is InChI=1S/C18H21ClO/c1-3-18(4-2)16(19)12-17(18)20-15-11-7-9-13-8-5-6-10-14(13)15/h5-11,16-17H,3-4,12H2,1-2H3. The average Bonchev–Trinajstić information content (AvgIpc) is 2.48. The highest BCUT2D eigenvalue weighted by Gasteiger charge is 2.53. The van der Waals surface area contributed by atoms with E-state index in [4.69, 9.17) is 16.3 Å². The van der Waals surface area contributed by atoms with Crippen LogP contribution >= 0.6 is 11.6 Å². The van der Waals surface area contributed by atoms with Crippen LogP contribution in [-0.4, -0.2) is 11.5 Å². The van der Waals surface area contributed by atoms with Gasteiger partial charge in [0.25, 0.3) is 0 Å². The van der Waals surface area contributed by atoms with E-state index in [1.165, 1.54) is 10.8 Å². The molecular weight excluding hydrogens is 268 g/mol. The van der Waals surface area contributed by atoms with Gasteiger partial charge in [-0.1, -0.05) is 50.2 Å². The number of hydrogen-bond acceptors (Lipinski definition) is 1. The van der Waals surface area contributed by atoms with E-state index in [1.807, 2.05) is 0 Å². The van der Waals surface area contributed by atoms with Gasteiger partial charge in [-0.3, -0.25) is 0 Å². The number of rotatable bonds is 4. The molecule has 20 heavy (non-hydrogen) atoms. The smallest absolute Gasteiger partial charge is 0.127 e. The summed E-state index contributed by atoms with van der Waals surface area (Å²) in [6.45, 7) is 4.44. The third-order valence-electron chi connectivity index (χ3n) is 5.02. The predicted molar refractivity (Wildman–Crippen MR) is 85.6 cm³/mol. The molecule has 0 amide bonds. The van der Waals surface area contributed by atoms with Gasteiger partial charge in [0.2, 0.25) is 0 Å². The van der Waals surface area contributed by atoms with E-state index in [-0.39, 0.29) is 16.9 Å². The van der Waals surface area contributed by atoms with Gasteiger partial charge in [-0.15, -0.1) is 11.6 Å². The van der Waals surface area contributed by atoms with Crippen molar-refractivity contribution in [2.45, 2.75) is 44.6 Å². The lowest BCUT2D eigenvalue weighted by molar-refractivity contribution is -0.0453. The van der Waals surface area contributed by atoms with Gasteiger partial charge in [0.05, 0.1) is 0 Å². The van der Waals surface area contributed by atoms with Crippen molar-refractivity contribution in [2.24, 2.45) is 5.41 Å². The summed E-state index contributed by atoms with van der Waals surface area (Å²) in [5.74, 6) is 0.989. The molecule has 1 aliphatic rings. The second kappa shape index (κ2) is 5.29. The van der Waals surface area contributed by atoms with E-state index in [1.54, 1.807) is 0 Å². The van der Waals surface area contributed by atoms with E-state index >= 15 is 0 Å². The number of hydrogen-bond donors (Lipinski definition) is 0. The molecule has 0 aliphatic heterocycles. The Labute approximate surface area is 125 Å². The number of halogens is 1. The Bertz CT molecular complexity index is 598. The molecular formula is C18H21ClO. The van der Waals surface area contributed by atoms with Crippen molar-refractivity contribution in [1.82, 2.24) is 0 Å². The molecule has 0 aromatic heterocycles. The number of fused-ring (bicyclic) bond motifs is 1. The van der Waals surface area contributed by atoms with Crippen LogP contribution in [0.25, 0.3) is 10.8 Å². The van der Waals surface area contributed by atoms with Crippen molar-refractivity contribution < 1.29 is 4.74 Å². The van der Waals surface area contributed by atoms with Crippen LogP contribution in [0.15, 0.2) is 42.5 Å². The molecule has 0 spiro atoms. The number of alkyl halides is 1. The Hall–Kier alpha value is -1.21. The first-order chi connectivity index (χ1) is 9.71. The van der Waals surface area contributed by atoms with Crippen molar-refractivity contribution in [1.29, 1.82) is 0 Å². The second-order valence-electron chi connectivity index (χ2n) is 5.73. The Balaban J connectivity index is 1.91. The first-order valence-electron chi connectivity index (χ1n) is 7.49. The molecule has 2 aromatic carbocycles. The molecule has 1 nitrogen and oxygen atoms in total. The van der Waals surface area contributed by atoms with Gasteiger partial charge < -0.3 is 4.74 Å². The van der Waals surface area contributed by atoms with Crippen molar-refractivity contribution in [3.63, 3.8) is 0 Å². The van der Waals surface area contributed by atoms with Gasteiger partial charge in [-0.2, -0.15) is 0 Å². The predicted octanol–water partition coefficient (Wildman–Crippen LogP) is 5.40. The molecule has 0 heterocycles. The summed E-state index contributed by atoms with van der Waals surface area (Å²) in [5.41, 5.74) is 0.137. The van der Waals surface area contributed by atoms with Crippen LogP contribution in [0.5, 0.6) is 5.75 Å². The lowest BCUT2D eigenvalue weighted by atomic mass is 9.62. The summed E-state index contributed by atoms with van der Waals surface area (Å²) in [4.78, 5) is 0. The molecule has 2 heteroatoms. The average molecular weight is 289 g/mol. The topological polar surface area (TPSA) is 9.23 Å². The first kappa shape index (κ1) is 13.8. The largest absolute Gasteiger partial charge is 0.489 e. The Morgan fingerprint density at radius 2 is 1.80 bits per heavy atom. The summed E-state index contributed by atoms with van der Waals surface area (Å²) >= 11 is 6.47. The van der Waals surface area contributed by atoms with Crippen molar-refractivity contribution >= 4 is 22.4 Å². The van der Waals surface area contributed by atoms with Crippen LogP contribution in [0.3, 0.4) is 0 Å². The van der Waals surface area contributed by atoms with Crippen molar-refractivity contribution in [2.75, 3.05) is 0 Å². The molecule has 106 valence electrons. The maximum atomic E-state index is 6.47. The highest BCUT2D eigenvalue weighted by atomic mass is 35.5. The van der Waals surface area contributed by atoms with Crippen LogP contribution in [0.4, 0.5) is 0 Å². The van der Waals surface area contributed by atoms with Gasteiger partial charge in [0.15, 0.2) is 0 Å². The summed E-state index contributed by atoms with van der Waals surface area (Å²) in [5, 5.41) is 2.66. The van der Waals surface area contributed by atoms with Crippen LogP contribution in [0.1, 0.15) is 33.1 Å². The van der Waals surface area contributed by atoms with Gasteiger partial charge in [0, 0.05) is 22.6 Å². The fraction of sp³-hybridized carbons (Fsp3) is 0.444. The van der Waals surface area contributed by atoms with Gasteiger partial charge in [-0.25, -0.2) is 0 Å². The molecule has 1 aliphatic carbocycles. The Morgan fingerprint density at radius 1 is 1.10 bits per heavy atom. The number of benzene rings is 2. The monoisotopic (exact) mass is 288 g/mol. The van der Waals surface area contributed by atoms with E-state index < -0.39 is 0 Å². The maximum absolute atomic E-state index is 6.47. The zero-order chi connectivity index (χ0) is 14.2. The summed E-state index contributed by atoms with van der Waals surface area (Å²) < 4.78 is 6.35. The summed E-state index contributed by atoms with van der Waals surface area (Å²) in [7, 11) is 0. The van der Waals surface area contributed by atoms with Crippen molar-refractivity contribution in [3.8, 4) is 5.75 Å². The van der Waals surface area contributed by atoms with E-state index in [2.05, 4.69) is 56.3 Å². The summed E-state index contributed by atoms with van der Waals surface area (Å²) in [6, 6.07) is 14.6. The van der Waals surface area contributed by atoms with Crippen LogP contribution in [0.2, 0.25) is 0 Å². The van der Waals surface area contributed by atoms with Crippen LogP contribution in [-0.2, 0) is 0 Å².